The van der Waals surface area contributed by atoms with Crippen LogP contribution in [-0.2, 0) is 0 Å². The van der Waals surface area contributed by atoms with Crippen LogP contribution in [0.4, 0.5) is 0 Å². The molecule has 0 radical (unpaired) electrons. The largest absolute Gasteiger partial charge is 0.496 e. The predicted octanol–water partition coefficient (Wildman–Crippen LogP) is 4.33. The van der Waals surface area contributed by atoms with Crippen LogP contribution in [0.2, 0.25) is 0 Å². The first kappa shape index (κ1) is 20.6. The third-order valence-corrected chi connectivity index (χ3v) is 5.04. The normalized spacial score (nSPS) is 10.9. The van der Waals surface area contributed by atoms with Crippen molar-refractivity contribution in [1.29, 1.82) is 0 Å². The fraction of sp³-hybridized carbons (Fsp3) is 0.0952. The summed E-state index contributed by atoms with van der Waals surface area (Å²) in [6.45, 7) is 1.87. The van der Waals surface area contributed by atoms with E-state index in [0.29, 0.717) is 28.4 Å². The molecule has 2 aromatic carbocycles. The van der Waals surface area contributed by atoms with Crippen molar-refractivity contribution in [1.82, 2.24) is 5.43 Å². The van der Waals surface area contributed by atoms with Gasteiger partial charge in [-0.05, 0) is 77.5 Å². The molecular weight excluding hydrogens is 487 g/mol. The fourth-order valence-corrected chi connectivity index (χ4v) is 3.16. The van der Waals surface area contributed by atoms with Gasteiger partial charge in [0.15, 0.2) is 0 Å². The number of carboxylic acid groups (broad SMARTS) is 1. The molecule has 0 fully saturated rings. The molecule has 3 rings (SSSR count). The molecule has 1 amide bonds. The highest BCUT2D eigenvalue weighted by atomic mass is 127. The Morgan fingerprint density at radius 1 is 1.14 bits per heavy atom. The molecule has 0 aliphatic carbocycles. The van der Waals surface area contributed by atoms with Crippen LogP contribution in [0.25, 0.3) is 11.3 Å². The predicted molar refractivity (Wildman–Crippen MR) is 117 cm³/mol. The van der Waals surface area contributed by atoms with Crippen molar-refractivity contribution in [3.8, 4) is 17.1 Å². The minimum absolute atomic E-state index is 0.178. The van der Waals surface area contributed by atoms with E-state index in [9.17, 15) is 9.59 Å². The fourth-order valence-electron chi connectivity index (χ4n) is 2.61. The van der Waals surface area contributed by atoms with E-state index in [1.54, 1.807) is 55.6 Å². The maximum Gasteiger partial charge on any atom is 0.335 e. The molecule has 1 heterocycles. The standard InChI is InChI=1S/C21H17IN2O5/c1-12-3-4-14(21(26)27)9-16(12)18-8-6-15(29-18)11-23-24-20(25)13-5-7-17(22)19(10-13)28-2/h3-11H,1-2H3,(H,24,25)(H,26,27)/b23-11-. The van der Waals surface area contributed by atoms with Gasteiger partial charge in [0.05, 0.1) is 22.5 Å². The number of ether oxygens (including phenoxy) is 1. The topological polar surface area (TPSA) is 101 Å². The average molecular weight is 504 g/mol. The molecule has 0 saturated carbocycles. The molecular formula is C21H17IN2O5. The maximum atomic E-state index is 12.2. The number of halogens is 1. The van der Waals surface area contributed by atoms with Crippen molar-refractivity contribution in [3.63, 3.8) is 0 Å². The Balaban J connectivity index is 1.72. The highest BCUT2D eigenvalue weighted by Crippen LogP contribution is 2.26. The van der Waals surface area contributed by atoms with Crippen LogP contribution in [-0.4, -0.2) is 30.3 Å². The van der Waals surface area contributed by atoms with Crippen LogP contribution < -0.4 is 10.2 Å². The van der Waals surface area contributed by atoms with Crippen molar-refractivity contribution in [2.45, 2.75) is 6.92 Å². The molecule has 2 N–H and O–H groups in total. The van der Waals surface area contributed by atoms with Crippen LogP contribution in [0.15, 0.2) is 58.0 Å². The number of benzene rings is 2. The highest BCUT2D eigenvalue weighted by Gasteiger charge is 2.11. The third kappa shape index (κ3) is 4.83. The van der Waals surface area contributed by atoms with Gasteiger partial charge in [0.1, 0.15) is 17.3 Å². The van der Waals surface area contributed by atoms with Gasteiger partial charge in [-0.2, -0.15) is 5.10 Å². The summed E-state index contributed by atoms with van der Waals surface area (Å²) >= 11 is 2.12. The summed E-state index contributed by atoms with van der Waals surface area (Å²) in [7, 11) is 1.54. The Bertz CT molecular complexity index is 1100. The van der Waals surface area contributed by atoms with Gasteiger partial charge >= 0.3 is 5.97 Å². The zero-order valence-electron chi connectivity index (χ0n) is 15.6. The van der Waals surface area contributed by atoms with Gasteiger partial charge in [-0.1, -0.05) is 6.07 Å². The number of carboxylic acids is 1. The van der Waals surface area contributed by atoms with E-state index in [-0.39, 0.29) is 11.5 Å². The minimum Gasteiger partial charge on any atom is -0.496 e. The average Bonchev–Trinajstić information content (AvgIpc) is 3.17. The number of hydrazone groups is 1. The number of carbonyl (C=O) groups excluding carboxylic acids is 1. The van der Waals surface area contributed by atoms with Crippen molar-refractivity contribution < 1.29 is 23.8 Å². The highest BCUT2D eigenvalue weighted by molar-refractivity contribution is 14.1. The molecule has 7 nitrogen and oxygen atoms in total. The van der Waals surface area contributed by atoms with E-state index in [1.165, 1.54) is 6.21 Å². The number of amides is 1. The van der Waals surface area contributed by atoms with Gasteiger partial charge in [0.25, 0.3) is 5.91 Å². The number of nitrogens with zero attached hydrogens (tertiary/aromatic N) is 1. The lowest BCUT2D eigenvalue weighted by Gasteiger charge is -2.05. The SMILES string of the molecule is COc1cc(C(=O)N/N=C\c2ccc(-c3cc(C(=O)O)ccc3C)o2)ccc1I. The second-order valence-corrected chi connectivity index (χ2v) is 7.25. The van der Waals surface area contributed by atoms with E-state index < -0.39 is 5.97 Å². The molecule has 148 valence electrons. The number of methoxy groups -OCH3 is 1. The Morgan fingerprint density at radius 3 is 2.62 bits per heavy atom. The Kier molecular flexibility index (Phi) is 6.32. The lowest BCUT2D eigenvalue weighted by atomic mass is 10.0. The molecule has 0 atom stereocenters. The summed E-state index contributed by atoms with van der Waals surface area (Å²) < 4.78 is 11.8. The van der Waals surface area contributed by atoms with Gasteiger partial charge in [-0.25, -0.2) is 10.2 Å². The van der Waals surface area contributed by atoms with Gasteiger partial charge in [0.2, 0.25) is 0 Å². The van der Waals surface area contributed by atoms with Crippen LogP contribution in [0.3, 0.4) is 0 Å². The van der Waals surface area contributed by atoms with E-state index in [4.69, 9.17) is 14.3 Å². The first-order chi connectivity index (χ1) is 13.9. The second-order valence-electron chi connectivity index (χ2n) is 6.09. The molecule has 0 saturated heterocycles. The summed E-state index contributed by atoms with van der Waals surface area (Å²) in [4.78, 5) is 23.4. The number of carbonyl (C=O) groups is 2. The number of hydrogen-bond acceptors (Lipinski definition) is 5. The Hall–Kier alpha value is -3.14. The molecule has 0 unspecified atom stereocenters. The first-order valence-corrected chi connectivity index (χ1v) is 9.58. The number of hydrogen-bond donors (Lipinski definition) is 2. The number of rotatable bonds is 6. The molecule has 3 aromatic rings. The first-order valence-electron chi connectivity index (χ1n) is 8.50. The van der Waals surface area contributed by atoms with Crippen molar-refractivity contribution in [2.75, 3.05) is 7.11 Å². The number of aryl methyl sites for hydroxylation is 1. The quantitative estimate of drug-likeness (QED) is 0.296. The molecule has 1 aromatic heterocycles. The molecule has 0 bridgehead atoms. The second kappa shape index (κ2) is 8.91. The molecule has 8 heteroatoms. The van der Waals surface area contributed by atoms with E-state index >= 15 is 0 Å². The third-order valence-electron chi connectivity index (χ3n) is 4.15. The van der Waals surface area contributed by atoms with Crippen molar-refractivity contribution >= 4 is 40.7 Å². The minimum atomic E-state index is -1.01. The monoisotopic (exact) mass is 504 g/mol. The van der Waals surface area contributed by atoms with Crippen LogP contribution >= 0.6 is 22.6 Å². The summed E-state index contributed by atoms with van der Waals surface area (Å²) in [6.07, 6.45) is 1.38. The number of furan rings is 1. The lowest BCUT2D eigenvalue weighted by Crippen LogP contribution is -2.17. The maximum absolute atomic E-state index is 12.2. The van der Waals surface area contributed by atoms with Gasteiger partial charge in [-0.15, -0.1) is 0 Å². The van der Waals surface area contributed by atoms with Crippen LogP contribution in [0, 0.1) is 10.5 Å². The van der Waals surface area contributed by atoms with Crippen molar-refractivity contribution in [3.05, 3.63) is 74.6 Å². The smallest absolute Gasteiger partial charge is 0.335 e. The summed E-state index contributed by atoms with van der Waals surface area (Å²) in [5.74, 6) is 0.153. The lowest BCUT2D eigenvalue weighted by molar-refractivity contribution is 0.0696. The molecule has 0 spiro atoms. The summed E-state index contributed by atoms with van der Waals surface area (Å²) in [5, 5.41) is 13.1. The van der Waals surface area contributed by atoms with Crippen molar-refractivity contribution in [2.24, 2.45) is 5.10 Å². The molecule has 0 aliphatic rings. The zero-order chi connectivity index (χ0) is 21.0. The van der Waals surface area contributed by atoms with E-state index in [0.717, 1.165) is 9.13 Å². The van der Waals surface area contributed by atoms with E-state index in [2.05, 4.69) is 33.1 Å². The van der Waals surface area contributed by atoms with Gasteiger partial charge in [0, 0.05) is 11.1 Å². The summed E-state index contributed by atoms with van der Waals surface area (Å²) in [5.41, 5.74) is 4.60. The Labute approximate surface area is 180 Å². The number of aromatic carboxylic acids is 1. The molecule has 29 heavy (non-hydrogen) atoms. The van der Waals surface area contributed by atoms with E-state index in [1.807, 2.05) is 6.92 Å². The van der Waals surface area contributed by atoms with Crippen LogP contribution in [0.1, 0.15) is 32.0 Å². The van der Waals surface area contributed by atoms with Gasteiger partial charge < -0.3 is 14.3 Å². The Morgan fingerprint density at radius 2 is 1.90 bits per heavy atom. The van der Waals surface area contributed by atoms with Gasteiger partial charge in [-0.3, -0.25) is 4.79 Å². The zero-order valence-corrected chi connectivity index (χ0v) is 17.8. The molecule has 0 aliphatic heterocycles. The number of nitrogens with one attached hydrogen (secondary N) is 1. The van der Waals surface area contributed by atoms with Crippen LogP contribution in [0.5, 0.6) is 5.75 Å². The summed E-state index contributed by atoms with van der Waals surface area (Å²) in [6, 6.07) is 13.3.